The van der Waals surface area contributed by atoms with Crippen molar-refractivity contribution in [3.05, 3.63) is 36.9 Å². The second kappa shape index (κ2) is 9.51. The number of hydrogen-bond donors (Lipinski definition) is 2. The Morgan fingerprint density at radius 3 is 2.68 bits per heavy atom. The molecule has 0 bridgehead atoms. The number of pyridine rings is 1. The molecule has 0 amide bonds. The molecule has 0 aromatic carbocycles. The number of rotatable bonds is 8. The third-order valence-electron chi connectivity index (χ3n) is 5.49. The minimum atomic E-state index is -2.31. The van der Waals surface area contributed by atoms with Crippen LogP contribution in [0.25, 0.3) is 17.1 Å². The summed E-state index contributed by atoms with van der Waals surface area (Å²) in [4.78, 5) is 4.55. The summed E-state index contributed by atoms with van der Waals surface area (Å²) in [6.07, 6.45) is 8.49. The van der Waals surface area contributed by atoms with Gasteiger partial charge < -0.3 is 10.6 Å². The molecule has 0 spiro atoms. The topological polar surface area (TPSA) is 85.5 Å². The van der Waals surface area contributed by atoms with Gasteiger partial charge in [-0.15, -0.1) is 5.10 Å². The van der Waals surface area contributed by atoms with Gasteiger partial charge in [0.25, 0.3) is 6.43 Å². The van der Waals surface area contributed by atoms with Crippen LogP contribution < -0.4 is 10.6 Å². The van der Waals surface area contributed by atoms with Gasteiger partial charge in [-0.05, 0) is 45.6 Å². The summed E-state index contributed by atoms with van der Waals surface area (Å²) in [6.45, 7) is 3.92. The van der Waals surface area contributed by atoms with Crippen LogP contribution >= 0.6 is 0 Å². The van der Waals surface area contributed by atoms with Crippen molar-refractivity contribution in [1.82, 2.24) is 35.1 Å². The van der Waals surface area contributed by atoms with E-state index in [9.17, 15) is 8.78 Å². The maximum Gasteiger partial charge on any atom is 0.250 e. The summed E-state index contributed by atoms with van der Waals surface area (Å²) in [5, 5.41) is 19.4. The molecule has 0 aliphatic heterocycles. The highest BCUT2D eigenvalue weighted by molar-refractivity contribution is 5.75. The number of alkyl halides is 2. The average Bonchev–Trinajstić information content (AvgIpc) is 3.45. The third-order valence-corrected chi connectivity index (χ3v) is 5.49. The first-order valence-corrected chi connectivity index (χ1v) is 10.7. The molecule has 0 radical (unpaired) electrons. The Labute approximate surface area is 180 Å². The van der Waals surface area contributed by atoms with Crippen LogP contribution in [-0.4, -0.2) is 54.8 Å². The SMILES string of the molecule is CC(C)Nc1cc(-n2cccn2)ncc1-c1cn(C2CCC(NCC(F)F)CC2)nn1. The van der Waals surface area contributed by atoms with Gasteiger partial charge in [-0.25, -0.2) is 23.1 Å². The Hall–Kier alpha value is -2.88. The summed E-state index contributed by atoms with van der Waals surface area (Å²) < 4.78 is 28.4. The van der Waals surface area contributed by atoms with Gasteiger partial charge in [0, 0.05) is 48.0 Å². The number of nitrogens with one attached hydrogen (secondary N) is 2. The van der Waals surface area contributed by atoms with Crippen LogP contribution in [0.3, 0.4) is 0 Å². The number of hydrogen-bond acceptors (Lipinski definition) is 6. The molecule has 1 aliphatic carbocycles. The van der Waals surface area contributed by atoms with Crippen LogP contribution in [0.5, 0.6) is 0 Å². The average molecular weight is 431 g/mol. The normalized spacial score (nSPS) is 19.3. The molecule has 8 nitrogen and oxygen atoms in total. The standard InChI is InChI=1S/C21H28F2N8/c1-14(2)27-18-10-21(30-9-3-8-26-30)25-11-17(18)19-13-31(29-28-19)16-6-4-15(5-7-16)24-12-20(22)23/h3,8-11,13-16,20,24H,4-7,12H2,1-2H3,(H,25,27). The molecule has 3 aromatic rings. The van der Waals surface area contributed by atoms with Crippen molar-refractivity contribution in [1.29, 1.82) is 0 Å². The Bertz CT molecular complexity index is 962. The number of aromatic nitrogens is 6. The zero-order valence-corrected chi connectivity index (χ0v) is 17.7. The highest BCUT2D eigenvalue weighted by atomic mass is 19.3. The zero-order valence-electron chi connectivity index (χ0n) is 17.7. The quantitative estimate of drug-likeness (QED) is 0.567. The minimum Gasteiger partial charge on any atom is -0.382 e. The van der Waals surface area contributed by atoms with E-state index in [2.05, 4.69) is 44.9 Å². The molecule has 4 rings (SSSR count). The first-order valence-electron chi connectivity index (χ1n) is 10.7. The molecule has 3 aromatic heterocycles. The van der Waals surface area contributed by atoms with E-state index in [-0.39, 0.29) is 24.7 Å². The molecule has 10 heteroatoms. The van der Waals surface area contributed by atoms with Crippen LogP contribution in [0.4, 0.5) is 14.5 Å². The van der Waals surface area contributed by atoms with E-state index in [1.54, 1.807) is 17.1 Å². The molecule has 1 saturated carbocycles. The van der Waals surface area contributed by atoms with Gasteiger partial charge in [-0.2, -0.15) is 5.10 Å². The molecule has 0 atom stereocenters. The molecule has 2 N–H and O–H groups in total. The lowest BCUT2D eigenvalue weighted by Gasteiger charge is -2.29. The van der Waals surface area contributed by atoms with E-state index in [1.165, 1.54) is 0 Å². The van der Waals surface area contributed by atoms with Crippen LogP contribution in [0.1, 0.15) is 45.6 Å². The maximum absolute atomic E-state index is 12.4. The van der Waals surface area contributed by atoms with Crippen molar-refractivity contribution in [3.63, 3.8) is 0 Å². The summed E-state index contributed by atoms with van der Waals surface area (Å²) in [7, 11) is 0. The molecular weight excluding hydrogens is 402 g/mol. The highest BCUT2D eigenvalue weighted by Gasteiger charge is 2.24. The predicted octanol–water partition coefficient (Wildman–Crippen LogP) is 3.68. The van der Waals surface area contributed by atoms with Crippen molar-refractivity contribution in [2.75, 3.05) is 11.9 Å². The highest BCUT2D eigenvalue weighted by Crippen LogP contribution is 2.31. The predicted molar refractivity (Wildman–Crippen MR) is 114 cm³/mol. The molecule has 31 heavy (non-hydrogen) atoms. The molecule has 1 fully saturated rings. The van der Waals surface area contributed by atoms with Crippen LogP contribution in [0.15, 0.2) is 36.9 Å². The zero-order chi connectivity index (χ0) is 21.8. The lowest BCUT2D eigenvalue weighted by molar-refractivity contribution is 0.135. The number of anilines is 1. The minimum absolute atomic E-state index is 0.147. The second-order valence-electron chi connectivity index (χ2n) is 8.23. The van der Waals surface area contributed by atoms with Crippen LogP contribution in [-0.2, 0) is 0 Å². The lowest BCUT2D eigenvalue weighted by atomic mass is 9.91. The number of nitrogens with zero attached hydrogens (tertiary/aromatic N) is 6. The molecule has 0 saturated heterocycles. The van der Waals surface area contributed by atoms with Crippen molar-refractivity contribution < 1.29 is 8.78 Å². The molecule has 1 aliphatic rings. The summed E-state index contributed by atoms with van der Waals surface area (Å²) in [5.74, 6) is 0.721. The van der Waals surface area contributed by atoms with E-state index in [1.807, 2.05) is 29.2 Å². The van der Waals surface area contributed by atoms with Crippen LogP contribution in [0, 0.1) is 0 Å². The van der Waals surface area contributed by atoms with E-state index in [0.717, 1.165) is 48.4 Å². The van der Waals surface area contributed by atoms with E-state index >= 15 is 0 Å². The van der Waals surface area contributed by atoms with Crippen molar-refractivity contribution in [3.8, 4) is 17.1 Å². The van der Waals surface area contributed by atoms with Crippen molar-refractivity contribution in [2.24, 2.45) is 0 Å². The van der Waals surface area contributed by atoms with Crippen molar-refractivity contribution >= 4 is 5.69 Å². The second-order valence-corrected chi connectivity index (χ2v) is 8.23. The van der Waals surface area contributed by atoms with Crippen molar-refractivity contribution in [2.45, 2.75) is 64.1 Å². The lowest BCUT2D eigenvalue weighted by Crippen LogP contribution is -2.36. The van der Waals surface area contributed by atoms with Gasteiger partial charge in [0.05, 0.1) is 18.8 Å². The Morgan fingerprint density at radius 1 is 1.19 bits per heavy atom. The van der Waals surface area contributed by atoms with E-state index in [4.69, 9.17) is 0 Å². The molecule has 0 unspecified atom stereocenters. The Balaban J connectivity index is 1.49. The van der Waals surface area contributed by atoms with Gasteiger partial charge in [0.2, 0.25) is 0 Å². The largest absolute Gasteiger partial charge is 0.382 e. The van der Waals surface area contributed by atoms with Crippen LogP contribution in [0.2, 0.25) is 0 Å². The van der Waals surface area contributed by atoms with E-state index in [0.29, 0.717) is 0 Å². The summed E-state index contributed by atoms with van der Waals surface area (Å²) >= 11 is 0. The maximum atomic E-state index is 12.4. The van der Waals surface area contributed by atoms with Gasteiger partial charge in [0.15, 0.2) is 5.82 Å². The first-order chi connectivity index (χ1) is 15.0. The molecule has 3 heterocycles. The van der Waals surface area contributed by atoms with Gasteiger partial charge in [0.1, 0.15) is 5.69 Å². The molecule has 166 valence electrons. The molecular formula is C21H28F2N8. The Morgan fingerprint density at radius 2 is 2.00 bits per heavy atom. The van der Waals surface area contributed by atoms with E-state index < -0.39 is 6.43 Å². The summed E-state index contributed by atoms with van der Waals surface area (Å²) in [5.41, 5.74) is 2.55. The van der Waals surface area contributed by atoms with Gasteiger partial charge in [-0.1, -0.05) is 5.21 Å². The fourth-order valence-electron chi connectivity index (χ4n) is 3.99. The first kappa shape index (κ1) is 21.4. The van der Waals surface area contributed by atoms with Gasteiger partial charge in [-0.3, -0.25) is 0 Å². The Kier molecular flexibility index (Phi) is 6.55. The summed E-state index contributed by atoms with van der Waals surface area (Å²) in [6, 6.07) is 4.42. The monoisotopic (exact) mass is 430 g/mol. The number of halogens is 2. The fourth-order valence-corrected chi connectivity index (χ4v) is 3.99. The van der Waals surface area contributed by atoms with Gasteiger partial charge >= 0.3 is 0 Å². The fraction of sp³-hybridized carbons (Fsp3) is 0.524. The smallest absolute Gasteiger partial charge is 0.250 e. The third kappa shape index (κ3) is 5.25.